The molecule has 2 aliphatic rings. The topological polar surface area (TPSA) is 105 Å². The van der Waals surface area contributed by atoms with Gasteiger partial charge in [0.2, 0.25) is 11.8 Å². The fourth-order valence-electron chi connectivity index (χ4n) is 4.00. The number of anilines is 1. The predicted octanol–water partition coefficient (Wildman–Crippen LogP) is 1.61. The lowest BCUT2D eigenvalue weighted by atomic mass is 10.1. The van der Waals surface area contributed by atoms with Crippen molar-refractivity contribution in [2.75, 3.05) is 32.2 Å². The molecule has 1 saturated heterocycles. The number of rotatable bonds is 7. The molecule has 0 radical (unpaired) electrons. The van der Waals surface area contributed by atoms with Gasteiger partial charge in [0.15, 0.2) is 11.5 Å². The van der Waals surface area contributed by atoms with Gasteiger partial charge in [-0.15, -0.1) is 0 Å². The smallest absolute Gasteiger partial charge is 0.261 e. The van der Waals surface area contributed by atoms with Gasteiger partial charge in [-0.3, -0.25) is 24.1 Å². The zero-order chi connectivity index (χ0) is 22.8. The first-order valence-corrected chi connectivity index (χ1v) is 10.2. The van der Waals surface area contributed by atoms with E-state index in [4.69, 9.17) is 9.47 Å². The van der Waals surface area contributed by atoms with Gasteiger partial charge < -0.3 is 19.7 Å². The second-order valence-corrected chi connectivity index (χ2v) is 7.57. The molecule has 0 aromatic heterocycles. The molecule has 1 atom stereocenters. The van der Waals surface area contributed by atoms with Gasteiger partial charge in [-0.25, -0.2) is 0 Å². The maximum absolute atomic E-state index is 12.5. The average Bonchev–Trinajstić information content (AvgIpc) is 3.28. The maximum atomic E-state index is 12.5. The lowest BCUT2D eigenvalue weighted by Gasteiger charge is -2.19. The number of benzene rings is 2. The van der Waals surface area contributed by atoms with Crippen LogP contribution < -0.4 is 19.7 Å². The molecular formula is C23H23N3O6. The van der Waals surface area contributed by atoms with E-state index >= 15 is 0 Å². The summed E-state index contributed by atoms with van der Waals surface area (Å²) < 4.78 is 10.5. The van der Waals surface area contributed by atoms with E-state index in [9.17, 15) is 19.2 Å². The van der Waals surface area contributed by atoms with E-state index in [2.05, 4.69) is 5.32 Å². The van der Waals surface area contributed by atoms with Crippen molar-refractivity contribution in [2.24, 2.45) is 0 Å². The van der Waals surface area contributed by atoms with Crippen LogP contribution in [0.1, 0.15) is 33.6 Å². The van der Waals surface area contributed by atoms with E-state index < -0.39 is 11.8 Å². The van der Waals surface area contributed by atoms with Crippen LogP contribution in [0.4, 0.5) is 5.69 Å². The van der Waals surface area contributed by atoms with E-state index in [1.165, 1.54) is 14.2 Å². The molecule has 0 aliphatic carbocycles. The summed E-state index contributed by atoms with van der Waals surface area (Å²) in [6.45, 7) is 0.297. The van der Waals surface area contributed by atoms with Gasteiger partial charge in [0.05, 0.1) is 31.4 Å². The Morgan fingerprint density at radius 1 is 1.00 bits per heavy atom. The van der Waals surface area contributed by atoms with Crippen molar-refractivity contribution in [1.29, 1.82) is 0 Å². The van der Waals surface area contributed by atoms with Crippen molar-refractivity contribution in [2.45, 2.75) is 18.9 Å². The van der Waals surface area contributed by atoms with Crippen LogP contribution in [0.3, 0.4) is 0 Å². The minimum absolute atomic E-state index is 0.0156. The third-order valence-electron chi connectivity index (χ3n) is 5.61. The predicted molar refractivity (Wildman–Crippen MR) is 115 cm³/mol. The van der Waals surface area contributed by atoms with Crippen molar-refractivity contribution < 1.29 is 28.7 Å². The van der Waals surface area contributed by atoms with Crippen molar-refractivity contribution in [3.05, 3.63) is 53.6 Å². The first-order chi connectivity index (χ1) is 15.4. The maximum Gasteiger partial charge on any atom is 0.261 e. The zero-order valence-electron chi connectivity index (χ0n) is 17.8. The van der Waals surface area contributed by atoms with Gasteiger partial charge in [0, 0.05) is 37.7 Å². The highest BCUT2D eigenvalue weighted by Gasteiger charge is 2.36. The van der Waals surface area contributed by atoms with Crippen LogP contribution >= 0.6 is 0 Å². The van der Waals surface area contributed by atoms with Gasteiger partial charge >= 0.3 is 0 Å². The number of methoxy groups -OCH3 is 2. The summed E-state index contributed by atoms with van der Waals surface area (Å²) in [5, 5.41) is 2.83. The molecule has 2 heterocycles. The molecule has 0 bridgehead atoms. The van der Waals surface area contributed by atoms with Crippen LogP contribution in [0, 0.1) is 0 Å². The molecule has 4 rings (SSSR count). The Morgan fingerprint density at radius 2 is 1.66 bits per heavy atom. The Hall–Kier alpha value is -3.88. The molecule has 4 amide bonds. The largest absolute Gasteiger partial charge is 0.493 e. The SMILES string of the molecule is COc1ccc(N2CC(NC(=O)CCN3C(=O)c4ccccc4C3=O)CC2=O)cc1OC. The third-order valence-corrected chi connectivity index (χ3v) is 5.61. The summed E-state index contributed by atoms with van der Waals surface area (Å²) in [6, 6.07) is 11.4. The fraction of sp³-hybridized carbons (Fsp3) is 0.304. The van der Waals surface area contributed by atoms with Crippen LogP contribution in [-0.2, 0) is 9.59 Å². The molecule has 2 aromatic rings. The highest BCUT2D eigenvalue weighted by Crippen LogP contribution is 2.33. The molecule has 9 heteroatoms. The molecule has 1 fully saturated rings. The van der Waals surface area contributed by atoms with E-state index in [1.54, 1.807) is 47.4 Å². The van der Waals surface area contributed by atoms with Crippen LogP contribution in [-0.4, -0.2) is 61.9 Å². The number of nitrogens with one attached hydrogen (secondary N) is 1. The number of nitrogens with zero attached hydrogens (tertiary/aromatic N) is 2. The van der Waals surface area contributed by atoms with E-state index in [0.717, 1.165) is 4.90 Å². The van der Waals surface area contributed by atoms with Crippen molar-refractivity contribution in [1.82, 2.24) is 10.2 Å². The number of ether oxygens (including phenoxy) is 2. The Kier molecular flexibility index (Phi) is 5.81. The third kappa shape index (κ3) is 3.89. The molecule has 1 unspecified atom stereocenters. The van der Waals surface area contributed by atoms with E-state index in [0.29, 0.717) is 34.9 Å². The lowest BCUT2D eigenvalue weighted by molar-refractivity contribution is -0.121. The molecule has 9 nitrogen and oxygen atoms in total. The summed E-state index contributed by atoms with van der Waals surface area (Å²) in [5.41, 5.74) is 1.35. The van der Waals surface area contributed by atoms with Crippen molar-refractivity contribution in [3.8, 4) is 11.5 Å². The number of carbonyl (C=O) groups excluding carboxylic acids is 4. The van der Waals surface area contributed by atoms with E-state index in [1.807, 2.05) is 0 Å². The van der Waals surface area contributed by atoms with Crippen LogP contribution in [0.15, 0.2) is 42.5 Å². The molecule has 1 N–H and O–H groups in total. The summed E-state index contributed by atoms with van der Waals surface area (Å²) >= 11 is 0. The van der Waals surface area contributed by atoms with Crippen molar-refractivity contribution >= 4 is 29.3 Å². The van der Waals surface area contributed by atoms with Crippen LogP contribution in [0.2, 0.25) is 0 Å². The summed E-state index contributed by atoms with van der Waals surface area (Å²) in [5.74, 6) is -0.174. The monoisotopic (exact) mass is 437 g/mol. The number of amides is 4. The average molecular weight is 437 g/mol. The van der Waals surface area contributed by atoms with Gasteiger partial charge in [-0.1, -0.05) is 12.1 Å². The lowest BCUT2D eigenvalue weighted by Crippen LogP contribution is -2.40. The van der Waals surface area contributed by atoms with Crippen molar-refractivity contribution in [3.63, 3.8) is 0 Å². The van der Waals surface area contributed by atoms with Crippen LogP contribution in [0.25, 0.3) is 0 Å². The number of imide groups is 1. The Balaban J connectivity index is 1.34. The first-order valence-electron chi connectivity index (χ1n) is 10.2. The number of fused-ring (bicyclic) bond motifs is 1. The highest BCUT2D eigenvalue weighted by atomic mass is 16.5. The second-order valence-electron chi connectivity index (χ2n) is 7.57. The van der Waals surface area contributed by atoms with Gasteiger partial charge in [0.25, 0.3) is 11.8 Å². The first kappa shape index (κ1) is 21.4. The molecule has 32 heavy (non-hydrogen) atoms. The Bertz CT molecular complexity index is 1060. The zero-order valence-corrected chi connectivity index (χ0v) is 17.8. The number of hydrogen-bond acceptors (Lipinski definition) is 6. The summed E-state index contributed by atoms with van der Waals surface area (Å²) in [6.07, 6.45) is 0.125. The van der Waals surface area contributed by atoms with E-state index in [-0.39, 0.29) is 37.2 Å². The Labute approximate surface area is 184 Å². The van der Waals surface area contributed by atoms with Gasteiger partial charge in [0.1, 0.15) is 0 Å². The molecule has 2 aliphatic heterocycles. The summed E-state index contributed by atoms with van der Waals surface area (Å²) in [4.78, 5) is 52.4. The number of carbonyl (C=O) groups is 4. The normalized spacial score (nSPS) is 17.6. The molecule has 0 saturated carbocycles. The standard InChI is InChI=1S/C23H23N3O6/c1-31-18-8-7-15(12-19(18)32-2)26-13-14(11-21(26)28)24-20(27)9-10-25-22(29)16-5-3-4-6-17(16)23(25)30/h3-8,12,14H,9-11,13H2,1-2H3,(H,24,27). The second kappa shape index (κ2) is 8.70. The minimum Gasteiger partial charge on any atom is -0.493 e. The fourth-order valence-corrected chi connectivity index (χ4v) is 4.00. The minimum atomic E-state index is -0.394. The quantitative estimate of drug-likeness (QED) is 0.660. The molecule has 166 valence electrons. The summed E-state index contributed by atoms with van der Waals surface area (Å²) in [7, 11) is 3.05. The highest BCUT2D eigenvalue weighted by molar-refractivity contribution is 6.21. The number of hydrogen-bond donors (Lipinski definition) is 1. The van der Waals surface area contributed by atoms with Gasteiger partial charge in [-0.2, -0.15) is 0 Å². The van der Waals surface area contributed by atoms with Crippen LogP contribution in [0.5, 0.6) is 11.5 Å². The molecule has 0 spiro atoms. The van der Waals surface area contributed by atoms with Gasteiger partial charge in [-0.05, 0) is 24.3 Å². The molecular weight excluding hydrogens is 414 g/mol. The Morgan fingerprint density at radius 3 is 2.28 bits per heavy atom. The molecule has 2 aromatic carbocycles.